The van der Waals surface area contributed by atoms with Gasteiger partial charge in [-0.1, -0.05) is 29.8 Å². The molecule has 132 valence electrons. The van der Waals surface area contributed by atoms with Gasteiger partial charge >= 0.3 is 5.97 Å². The quantitative estimate of drug-likeness (QED) is 0.412. The predicted octanol–water partition coefficient (Wildman–Crippen LogP) is 5.88. The molecule has 0 N–H and O–H groups in total. The number of carbonyl (C=O) groups excluding carboxylic acids is 1. The van der Waals surface area contributed by atoms with E-state index in [9.17, 15) is 4.79 Å². The maximum absolute atomic E-state index is 11.8. The lowest BCUT2D eigenvalue weighted by Crippen LogP contribution is -2.04. The normalized spacial score (nSPS) is 11.3. The van der Waals surface area contributed by atoms with E-state index >= 15 is 0 Å². The Hall–Kier alpha value is -2.30. The molecule has 2 aromatic heterocycles. The molecule has 2 aromatic carbocycles. The third-order valence-electron chi connectivity index (χ3n) is 4.57. The summed E-state index contributed by atoms with van der Waals surface area (Å²) in [5.74, 6) is -0.279. The Balaban J connectivity index is 1.71. The predicted molar refractivity (Wildman–Crippen MR) is 108 cm³/mol. The second kappa shape index (κ2) is 6.78. The molecule has 0 unspecified atom stereocenters. The van der Waals surface area contributed by atoms with E-state index in [1.54, 1.807) is 11.3 Å². The molecule has 4 aromatic rings. The molecule has 0 aliphatic carbocycles. The van der Waals surface area contributed by atoms with Crippen LogP contribution in [0.5, 0.6) is 0 Å². The number of nitrogens with zero attached hydrogens (tertiary/aromatic N) is 1. The molecule has 0 aliphatic rings. The first-order valence-corrected chi connectivity index (χ1v) is 9.77. The van der Waals surface area contributed by atoms with Crippen molar-refractivity contribution >= 4 is 44.6 Å². The number of hydrogen-bond acceptors (Lipinski definition) is 3. The SMILES string of the molecule is CCOC(=O)c1ccc(Cc2csc3cc4ccc(Cl)c(C)c4n23)cc1. The summed E-state index contributed by atoms with van der Waals surface area (Å²) in [5, 5.41) is 4.18. The molecular weight excluding hydrogens is 366 g/mol. The highest BCUT2D eigenvalue weighted by molar-refractivity contribution is 7.15. The second-order valence-corrected chi connectivity index (χ2v) is 7.55. The van der Waals surface area contributed by atoms with Crippen LogP contribution in [0.25, 0.3) is 15.7 Å². The lowest BCUT2D eigenvalue weighted by molar-refractivity contribution is 0.0526. The molecule has 0 amide bonds. The maximum atomic E-state index is 11.8. The van der Waals surface area contributed by atoms with Crippen molar-refractivity contribution in [3.63, 3.8) is 0 Å². The highest BCUT2D eigenvalue weighted by Gasteiger charge is 2.13. The Bertz CT molecular complexity index is 1110. The van der Waals surface area contributed by atoms with E-state index in [4.69, 9.17) is 16.3 Å². The van der Waals surface area contributed by atoms with Crippen molar-refractivity contribution in [3.05, 3.63) is 75.3 Å². The molecule has 0 saturated carbocycles. The summed E-state index contributed by atoms with van der Waals surface area (Å²) in [5.41, 5.74) is 5.22. The number of aromatic nitrogens is 1. The van der Waals surface area contributed by atoms with Gasteiger partial charge in [-0.3, -0.25) is 0 Å². The van der Waals surface area contributed by atoms with Gasteiger partial charge in [0.15, 0.2) is 0 Å². The Morgan fingerprint density at radius 1 is 1.19 bits per heavy atom. The highest BCUT2D eigenvalue weighted by atomic mass is 35.5. The second-order valence-electron chi connectivity index (χ2n) is 6.25. The van der Waals surface area contributed by atoms with E-state index < -0.39 is 0 Å². The fourth-order valence-corrected chi connectivity index (χ4v) is 4.38. The fraction of sp³-hybridized carbons (Fsp3) is 0.190. The number of thiazole rings is 1. The lowest BCUT2D eigenvalue weighted by Gasteiger charge is -2.07. The fourth-order valence-electron chi connectivity index (χ4n) is 3.27. The molecule has 0 radical (unpaired) electrons. The number of aryl methyl sites for hydroxylation is 1. The lowest BCUT2D eigenvalue weighted by atomic mass is 10.1. The first kappa shape index (κ1) is 17.1. The van der Waals surface area contributed by atoms with Gasteiger partial charge in [0, 0.05) is 27.9 Å². The van der Waals surface area contributed by atoms with Gasteiger partial charge < -0.3 is 9.14 Å². The van der Waals surface area contributed by atoms with E-state index in [1.807, 2.05) is 37.3 Å². The monoisotopic (exact) mass is 383 g/mol. The summed E-state index contributed by atoms with van der Waals surface area (Å²) in [7, 11) is 0. The Labute approximate surface area is 160 Å². The number of carbonyl (C=O) groups is 1. The van der Waals surface area contributed by atoms with E-state index in [-0.39, 0.29) is 5.97 Å². The number of hydrogen-bond donors (Lipinski definition) is 0. The van der Waals surface area contributed by atoms with Gasteiger partial charge in [0.1, 0.15) is 4.83 Å². The van der Waals surface area contributed by atoms with Crippen molar-refractivity contribution in [1.29, 1.82) is 0 Å². The zero-order valence-electron chi connectivity index (χ0n) is 14.6. The summed E-state index contributed by atoms with van der Waals surface area (Å²) in [6, 6.07) is 13.9. The Kier molecular flexibility index (Phi) is 4.47. The molecule has 4 rings (SSSR count). The van der Waals surface area contributed by atoms with Gasteiger partial charge in [-0.25, -0.2) is 4.79 Å². The standard InChI is InChI=1S/C21H18ClNO2S/c1-3-25-21(24)15-6-4-14(5-7-15)10-17-12-26-19-11-16-8-9-18(22)13(2)20(16)23(17)19/h4-9,11-12H,3,10H2,1-2H3. The zero-order chi connectivity index (χ0) is 18.3. The summed E-state index contributed by atoms with van der Waals surface area (Å²) < 4.78 is 7.33. The molecule has 3 nitrogen and oxygen atoms in total. The molecule has 0 spiro atoms. The molecule has 26 heavy (non-hydrogen) atoms. The van der Waals surface area contributed by atoms with Crippen molar-refractivity contribution in [2.75, 3.05) is 6.61 Å². The molecule has 2 heterocycles. The summed E-state index contributed by atoms with van der Waals surface area (Å²) >= 11 is 8.08. The van der Waals surface area contributed by atoms with Crippen molar-refractivity contribution in [1.82, 2.24) is 4.40 Å². The van der Waals surface area contributed by atoms with E-state index in [0.717, 1.165) is 22.6 Å². The molecule has 5 heteroatoms. The number of benzene rings is 2. The van der Waals surface area contributed by atoms with Crippen LogP contribution in [0, 0.1) is 6.92 Å². The van der Waals surface area contributed by atoms with Gasteiger partial charge in [-0.2, -0.15) is 0 Å². The summed E-state index contributed by atoms with van der Waals surface area (Å²) in [6.45, 7) is 4.26. The van der Waals surface area contributed by atoms with E-state index in [2.05, 4.69) is 28.8 Å². The Morgan fingerprint density at radius 3 is 2.69 bits per heavy atom. The van der Waals surface area contributed by atoms with Crippen molar-refractivity contribution in [2.45, 2.75) is 20.3 Å². The molecular formula is C21H18ClNO2S. The molecule has 0 atom stereocenters. The minimum Gasteiger partial charge on any atom is -0.462 e. The highest BCUT2D eigenvalue weighted by Crippen LogP contribution is 2.32. The molecule has 0 bridgehead atoms. The van der Waals surface area contributed by atoms with Crippen molar-refractivity contribution in [2.24, 2.45) is 0 Å². The minimum absolute atomic E-state index is 0.279. The van der Waals surface area contributed by atoms with Crippen LogP contribution in [0.4, 0.5) is 0 Å². The number of fused-ring (bicyclic) bond motifs is 3. The molecule has 0 fully saturated rings. The van der Waals surface area contributed by atoms with E-state index in [1.165, 1.54) is 21.4 Å². The summed E-state index contributed by atoms with van der Waals surface area (Å²) in [6.07, 6.45) is 0.791. The van der Waals surface area contributed by atoms with E-state index in [0.29, 0.717) is 12.2 Å². The number of rotatable bonds is 4. The average Bonchev–Trinajstić information content (AvgIpc) is 3.19. The third-order valence-corrected chi connectivity index (χ3v) is 5.91. The number of esters is 1. The first-order valence-electron chi connectivity index (χ1n) is 8.51. The number of halogens is 1. The third kappa shape index (κ3) is 2.89. The van der Waals surface area contributed by atoms with Crippen LogP contribution in [-0.4, -0.2) is 17.0 Å². The van der Waals surface area contributed by atoms with Crippen LogP contribution >= 0.6 is 22.9 Å². The van der Waals surface area contributed by atoms with Crippen LogP contribution in [0.1, 0.15) is 34.1 Å². The van der Waals surface area contributed by atoms with Crippen LogP contribution in [0.2, 0.25) is 5.02 Å². The van der Waals surface area contributed by atoms with Crippen molar-refractivity contribution in [3.8, 4) is 0 Å². The van der Waals surface area contributed by atoms with Gasteiger partial charge in [-0.05, 0) is 49.2 Å². The average molecular weight is 384 g/mol. The largest absolute Gasteiger partial charge is 0.462 e. The van der Waals surface area contributed by atoms with Crippen LogP contribution in [0.3, 0.4) is 0 Å². The first-order chi connectivity index (χ1) is 12.6. The van der Waals surface area contributed by atoms with Crippen LogP contribution < -0.4 is 0 Å². The van der Waals surface area contributed by atoms with Crippen LogP contribution in [-0.2, 0) is 11.2 Å². The molecule has 0 aliphatic heterocycles. The minimum atomic E-state index is -0.279. The number of ether oxygens (including phenoxy) is 1. The van der Waals surface area contributed by atoms with Gasteiger partial charge in [0.25, 0.3) is 0 Å². The zero-order valence-corrected chi connectivity index (χ0v) is 16.2. The van der Waals surface area contributed by atoms with Gasteiger partial charge in [-0.15, -0.1) is 11.3 Å². The molecule has 0 saturated heterocycles. The van der Waals surface area contributed by atoms with Gasteiger partial charge in [0.2, 0.25) is 0 Å². The van der Waals surface area contributed by atoms with Crippen LogP contribution in [0.15, 0.2) is 47.8 Å². The smallest absolute Gasteiger partial charge is 0.338 e. The maximum Gasteiger partial charge on any atom is 0.338 e. The van der Waals surface area contributed by atoms with Crippen molar-refractivity contribution < 1.29 is 9.53 Å². The van der Waals surface area contributed by atoms with Gasteiger partial charge in [0.05, 0.1) is 17.7 Å². The summed E-state index contributed by atoms with van der Waals surface area (Å²) in [4.78, 5) is 13.0. The Morgan fingerprint density at radius 2 is 1.96 bits per heavy atom. The topological polar surface area (TPSA) is 30.7 Å².